The van der Waals surface area contributed by atoms with Gasteiger partial charge in [0.1, 0.15) is 0 Å². The molecule has 1 heteroatoms. The molecule has 0 aromatic carbocycles. The van der Waals surface area contributed by atoms with Crippen molar-refractivity contribution < 1.29 is 0 Å². The van der Waals surface area contributed by atoms with Crippen LogP contribution in [0.1, 0.15) is 60.3 Å². The van der Waals surface area contributed by atoms with E-state index in [1.165, 1.54) is 19.3 Å². The van der Waals surface area contributed by atoms with Gasteiger partial charge >= 0.3 is 0 Å². The Labute approximate surface area is 100 Å². The molecule has 0 saturated heterocycles. The monoisotopic (exact) mass is 228 g/mol. The fourth-order valence-corrected chi connectivity index (χ4v) is 2.89. The van der Waals surface area contributed by atoms with Gasteiger partial charge in [-0.15, -0.1) is 11.6 Å². The number of hydrogen-bond donors (Lipinski definition) is 0. The van der Waals surface area contributed by atoms with Crippen LogP contribution in [-0.2, 0) is 0 Å². The van der Waals surface area contributed by atoms with Crippen molar-refractivity contribution in [1.29, 1.82) is 0 Å². The average Bonchev–Trinajstić information content (AvgIpc) is 1.95. The van der Waals surface area contributed by atoms with Crippen LogP contribution in [0, 0.1) is 10.8 Å². The van der Waals surface area contributed by atoms with E-state index >= 15 is 0 Å². The lowest BCUT2D eigenvalue weighted by Crippen LogP contribution is -2.22. The quantitative estimate of drug-likeness (QED) is 0.452. The molecular weight excluding hydrogens is 204 g/mol. The van der Waals surface area contributed by atoms with E-state index < -0.39 is 0 Å². The first-order chi connectivity index (χ1) is 6.68. The molecule has 0 aliphatic heterocycles. The average molecular weight is 229 g/mol. The maximum Gasteiger partial charge on any atom is 0.0523 e. The van der Waals surface area contributed by atoms with Gasteiger partial charge in [0, 0.05) is 0 Å². The van der Waals surface area contributed by atoms with Crippen molar-refractivity contribution >= 4 is 11.6 Å². The molecule has 0 nitrogen and oxygen atoms in total. The van der Waals surface area contributed by atoms with Gasteiger partial charge in [0.15, 0.2) is 0 Å². The third-order valence-corrected chi connectivity index (χ3v) is 3.35. The van der Waals surface area contributed by atoms with E-state index in [9.17, 15) is 0 Å². The Bertz CT molecular complexity index is 243. The first-order valence-corrected chi connectivity index (χ1v) is 6.45. The van der Waals surface area contributed by atoms with Crippen LogP contribution in [0.5, 0.6) is 0 Å². The largest absolute Gasteiger partial charge is 0.118 e. The van der Waals surface area contributed by atoms with Crippen molar-refractivity contribution in [3.8, 4) is 0 Å². The van der Waals surface area contributed by atoms with Crippen molar-refractivity contribution in [2.45, 2.75) is 65.7 Å². The number of allylic oxidation sites excluding steroid dienone is 2. The smallest absolute Gasteiger partial charge is 0.0523 e. The Morgan fingerprint density at radius 1 is 1.40 bits per heavy atom. The molecule has 0 aromatic rings. The highest BCUT2D eigenvalue weighted by molar-refractivity contribution is 6.21. The minimum Gasteiger partial charge on any atom is -0.118 e. The molecule has 0 spiro atoms. The van der Waals surface area contributed by atoms with Crippen LogP contribution in [0.2, 0.25) is 0 Å². The summed E-state index contributed by atoms with van der Waals surface area (Å²) in [6.45, 7) is 11.6. The van der Waals surface area contributed by atoms with Gasteiger partial charge in [0.25, 0.3) is 0 Å². The third-order valence-electron chi connectivity index (χ3n) is 3.07. The van der Waals surface area contributed by atoms with Crippen LogP contribution in [0.25, 0.3) is 0 Å². The first-order valence-electron chi connectivity index (χ1n) is 6.02. The van der Waals surface area contributed by atoms with Gasteiger partial charge in [-0.25, -0.2) is 0 Å². The van der Waals surface area contributed by atoms with Crippen molar-refractivity contribution in [2.75, 3.05) is 0 Å². The third kappa shape index (κ3) is 5.06. The lowest BCUT2D eigenvalue weighted by atomic mass is 9.75. The Morgan fingerprint density at radius 3 is 2.47 bits per heavy atom. The lowest BCUT2D eigenvalue weighted by molar-refractivity contribution is 0.307. The lowest BCUT2D eigenvalue weighted by Gasteiger charge is -2.33. The summed E-state index contributed by atoms with van der Waals surface area (Å²) in [7, 11) is 0. The Morgan fingerprint density at radius 2 is 2.00 bits per heavy atom. The van der Waals surface area contributed by atoms with Gasteiger partial charge < -0.3 is 0 Å². The highest BCUT2D eigenvalue weighted by Crippen LogP contribution is 2.39. The van der Waals surface area contributed by atoms with E-state index in [1.807, 2.05) is 0 Å². The number of hydrogen-bond acceptors (Lipinski definition) is 0. The summed E-state index contributed by atoms with van der Waals surface area (Å²) in [6.07, 6.45) is 7.12. The summed E-state index contributed by atoms with van der Waals surface area (Å²) in [5.41, 5.74) is 2.40. The van der Waals surface area contributed by atoms with Crippen molar-refractivity contribution in [3.63, 3.8) is 0 Å². The van der Waals surface area contributed by atoms with Crippen LogP contribution in [0.15, 0.2) is 11.6 Å². The van der Waals surface area contributed by atoms with Crippen LogP contribution < -0.4 is 0 Å². The fraction of sp³-hybridized carbons (Fsp3) is 0.857. The number of alkyl halides is 1. The van der Waals surface area contributed by atoms with Crippen LogP contribution >= 0.6 is 11.6 Å². The molecule has 1 aliphatic carbocycles. The summed E-state index contributed by atoms with van der Waals surface area (Å²) >= 11 is 6.27. The molecule has 0 bridgehead atoms. The molecule has 0 radical (unpaired) electrons. The molecule has 0 amide bonds. The van der Waals surface area contributed by atoms with Crippen LogP contribution in [-0.4, -0.2) is 5.38 Å². The van der Waals surface area contributed by atoms with Gasteiger partial charge in [-0.1, -0.05) is 46.3 Å². The second-order valence-electron chi connectivity index (χ2n) is 6.95. The van der Waals surface area contributed by atoms with Gasteiger partial charge in [0.05, 0.1) is 5.38 Å². The first kappa shape index (κ1) is 13.1. The van der Waals surface area contributed by atoms with Gasteiger partial charge in [-0.05, 0) is 36.5 Å². The van der Waals surface area contributed by atoms with Crippen molar-refractivity contribution in [3.05, 3.63) is 11.6 Å². The topological polar surface area (TPSA) is 0 Å². The van der Waals surface area contributed by atoms with Crippen LogP contribution in [0.3, 0.4) is 0 Å². The number of halogens is 1. The zero-order chi connectivity index (χ0) is 11.7. The summed E-state index contributed by atoms with van der Waals surface area (Å²) < 4.78 is 0. The molecule has 0 saturated carbocycles. The van der Waals surface area contributed by atoms with Gasteiger partial charge in [-0.3, -0.25) is 0 Å². The van der Waals surface area contributed by atoms with E-state index in [4.69, 9.17) is 11.6 Å². The molecule has 15 heavy (non-hydrogen) atoms. The standard InChI is InChI=1S/C14H25Cl/c1-13(2,3)7-6-11-8-12(15)10-14(4,5)9-11/h8,12H,6-7,9-10H2,1-5H3. The molecule has 1 unspecified atom stereocenters. The fourth-order valence-electron chi connectivity index (χ4n) is 2.30. The minimum absolute atomic E-state index is 0.253. The highest BCUT2D eigenvalue weighted by Gasteiger charge is 2.27. The van der Waals surface area contributed by atoms with E-state index in [2.05, 4.69) is 40.7 Å². The van der Waals surface area contributed by atoms with Gasteiger partial charge in [-0.2, -0.15) is 0 Å². The SMILES string of the molecule is CC(C)(C)CCC1=CC(Cl)CC(C)(C)C1. The Balaban J connectivity index is 2.55. The van der Waals surface area contributed by atoms with Crippen molar-refractivity contribution in [2.24, 2.45) is 10.8 Å². The van der Waals surface area contributed by atoms with Crippen molar-refractivity contribution in [1.82, 2.24) is 0 Å². The normalized spacial score (nSPS) is 26.3. The molecule has 0 fully saturated rings. The maximum atomic E-state index is 6.27. The molecule has 0 aromatic heterocycles. The summed E-state index contributed by atoms with van der Waals surface area (Å²) in [6, 6.07) is 0. The van der Waals surface area contributed by atoms with E-state index in [1.54, 1.807) is 5.57 Å². The Kier molecular flexibility index (Phi) is 3.92. The highest BCUT2D eigenvalue weighted by atomic mass is 35.5. The molecule has 1 rings (SSSR count). The zero-order valence-corrected chi connectivity index (χ0v) is 11.6. The number of rotatable bonds is 2. The molecule has 0 N–H and O–H groups in total. The van der Waals surface area contributed by atoms with E-state index in [-0.39, 0.29) is 5.38 Å². The predicted molar refractivity (Wildman–Crippen MR) is 69.4 cm³/mol. The maximum absolute atomic E-state index is 6.27. The second-order valence-corrected chi connectivity index (χ2v) is 7.51. The molecular formula is C14H25Cl. The molecule has 0 heterocycles. The predicted octanol–water partition coefficient (Wildman–Crippen LogP) is 5.17. The second kappa shape index (κ2) is 4.49. The Hall–Kier alpha value is 0.0300. The van der Waals surface area contributed by atoms with Gasteiger partial charge in [0.2, 0.25) is 0 Å². The summed E-state index contributed by atoms with van der Waals surface area (Å²) in [5.74, 6) is 0. The summed E-state index contributed by atoms with van der Waals surface area (Å²) in [5, 5.41) is 0.253. The molecule has 1 atom stereocenters. The van der Waals surface area contributed by atoms with E-state index in [0.717, 1.165) is 6.42 Å². The minimum atomic E-state index is 0.253. The van der Waals surface area contributed by atoms with Crippen LogP contribution in [0.4, 0.5) is 0 Å². The molecule has 88 valence electrons. The summed E-state index contributed by atoms with van der Waals surface area (Å²) in [4.78, 5) is 0. The molecule has 1 aliphatic rings. The zero-order valence-electron chi connectivity index (χ0n) is 10.9. The van der Waals surface area contributed by atoms with E-state index in [0.29, 0.717) is 10.8 Å².